The Morgan fingerprint density at radius 3 is 2.08 bits per heavy atom. The first-order valence-corrected chi connectivity index (χ1v) is 12.9. The lowest BCUT2D eigenvalue weighted by atomic mass is 9.96. The van der Waals surface area contributed by atoms with Gasteiger partial charge in [-0.15, -0.1) is 0 Å². The van der Waals surface area contributed by atoms with Crippen LogP contribution in [0.25, 0.3) is 0 Å². The number of nitrogens with one attached hydrogen (secondary N) is 4. The normalized spacial score (nSPS) is 12.9. The molecule has 0 radical (unpaired) electrons. The van der Waals surface area contributed by atoms with Crippen LogP contribution in [0.5, 0.6) is 5.75 Å². The Labute approximate surface area is 233 Å². The van der Waals surface area contributed by atoms with Gasteiger partial charge in [0.2, 0.25) is 29.5 Å². The maximum atomic E-state index is 12.6. The van der Waals surface area contributed by atoms with Crippen LogP contribution in [0.2, 0.25) is 0 Å². The number of carbonyl (C=O) groups is 5. The zero-order valence-corrected chi connectivity index (χ0v) is 23.0. The minimum absolute atomic E-state index is 0.105. The average Bonchev–Trinajstić information content (AvgIpc) is 2.88. The van der Waals surface area contributed by atoms with Crippen LogP contribution in [-0.4, -0.2) is 65.9 Å². The van der Waals surface area contributed by atoms with E-state index in [1.807, 2.05) is 44.2 Å². The third kappa shape index (κ3) is 10.7. The first kappa shape index (κ1) is 31.8. The lowest BCUT2D eigenvalue weighted by Gasteiger charge is -2.20. The maximum absolute atomic E-state index is 12.6. The van der Waals surface area contributed by atoms with E-state index < -0.39 is 47.7 Å². The molecule has 12 heteroatoms. The highest BCUT2D eigenvalue weighted by molar-refractivity contribution is 5.92. The van der Waals surface area contributed by atoms with Gasteiger partial charge in [-0.2, -0.15) is 0 Å². The molecule has 216 valence electrons. The van der Waals surface area contributed by atoms with Crippen LogP contribution in [0.3, 0.4) is 0 Å². The molecule has 9 N–H and O–H groups in total. The molecule has 12 nitrogen and oxygen atoms in total. The van der Waals surface area contributed by atoms with Gasteiger partial charge in [-0.1, -0.05) is 30.3 Å². The number of hydrogen-bond donors (Lipinski definition) is 7. The van der Waals surface area contributed by atoms with Crippen molar-refractivity contribution in [2.75, 3.05) is 13.1 Å². The van der Waals surface area contributed by atoms with Gasteiger partial charge >= 0.3 is 0 Å². The molecule has 0 heterocycles. The molecular weight excluding hydrogens is 516 g/mol. The number of phenols is 1. The van der Waals surface area contributed by atoms with Gasteiger partial charge in [0.1, 0.15) is 11.8 Å². The van der Waals surface area contributed by atoms with Crippen LogP contribution >= 0.6 is 0 Å². The van der Waals surface area contributed by atoms with Crippen LogP contribution in [0.4, 0.5) is 0 Å². The summed E-state index contributed by atoms with van der Waals surface area (Å²) in [5, 5.41) is 19.8. The second kappa shape index (κ2) is 15.2. The molecule has 3 unspecified atom stereocenters. The lowest BCUT2D eigenvalue weighted by molar-refractivity contribution is -0.130. The summed E-state index contributed by atoms with van der Waals surface area (Å²) in [7, 11) is 0. The van der Waals surface area contributed by atoms with Gasteiger partial charge in [-0.05, 0) is 68.0 Å². The molecule has 5 amide bonds. The van der Waals surface area contributed by atoms with Gasteiger partial charge in [0.05, 0.1) is 19.1 Å². The molecule has 0 aromatic heterocycles. The second-order valence-electron chi connectivity index (χ2n) is 9.72. The third-order valence-corrected chi connectivity index (χ3v) is 6.20. The van der Waals surface area contributed by atoms with Crippen LogP contribution in [-0.2, 0) is 36.8 Å². The number of aryl methyl sites for hydroxylation is 2. The van der Waals surface area contributed by atoms with Crippen molar-refractivity contribution in [2.45, 2.75) is 58.2 Å². The Hall–Kier alpha value is -4.45. The summed E-state index contributed by atoms with van der Waals surface area (Å²) in [5.41, 5.74) is 14.4. The predicted molar refractivity (Wildman–Crippen MR) is 149 cm³/mol. The van der Waals surface area contributed by atoms with Crippen molar-refractivity contribution in [3.8, 4) is 5.75 Å². The van der Waals surface area contributed by atoms with Gasteiger partial charge in [-0.25, -0.2) is 0 Å². The molecule has 40 heavy (non-hydrogen) atoms. The van der Waals surface area contributed by atoms with E-state index in [0.29, 0.717) is 6.42 Å². The molecule has 0 aliphatic heterocycles. The summed E-state index contributed by atoms with van der Waals surface area (Å²) in [6.45, 7) is 4.39. The minimum Gasteiger partial charge on any atom is -0.508 e. The molecule has 3 atom stereocenters. The Kier molecular flexibility index (Phi) is 12.1. The van der Waals surface area contributed by atoms with Crippen molar-refractivity contribution in [1.29, 1.82) is 0 Å². The molecule has 0 aliphatic carbocycles. The van der Waals surface area contributed by atoms with Crippen molar-refractivity contribution in [1.82, 2.24) is 21.3 Å². The van der Waals surface area contributed by atoms with Crippen molar-refractivity contribution in [3.05, 3.63) is 64.7 Å². The molecule has 0 spiro atoms. The SMILES string of the molecule is Cc1cc(O)cc(C)c1CC(N)C(=O)NC(C)C(=O)NCC(=O)NC(CC(=O)NCC(N)=O)Cc1ccccc1. The summed E-state index contributed by atoms with van der Waals surface area (Å²) >= 11 is 0. The highest BCUT2D eigenvalue weighted by Crippen LogP contribution is 2.21. The Bertz CT molecular complexity index is 1200. The van der Waals surface area contributed by atoms with E-state index in [-0.39, 0.29) is 31.7 Å². The smallest absolute Gasteiger partial charge is 0.242 e. The number of aromatic hydroxyl groups is 1. The van der Waals surface area contributed by atoms with Crippen molar-refractivity contribution < 1.29 is 29.1 Å². The highest BCUT2D eigenvalue weighted by Gasteiger charge is 2.23. The van der Waals surface area contributed by atoms with Gasteiger partial charge in [0, 0.05) is 12.5 Å². The van der Waals surface area contributed by atoms with Gasteiger partial charge in [-0.3, -0.25) is 24.0 Å². The fourth-order valence-corrected chi connectivity index (χ4v) is 4.14. The predicted octanol–water partition coefficient (Wildman–Crippen LogP) is -0.781. The average molecular weight is 555 g/mol. The van der Waals surface area contributed by atoms with E-state index in [0.717, 1.165) is 22.3 Å². The summed E-state index contributed by atoms with van der Waals surface area (Å²) < 4.78 is 0. The highest BCUT2D eigenvalue weighted by atomic mass is 16.3. The second-order valence-corrected chi connectivity index (χ2v) is 9.72. The van der Waals surface area contributed by atoms with Crippen LogP contribution in [0.15, 0.2) is 42.5 Å². The standard InChI is InChI=1S/C28H38N6O6/c1-16-9-21(35)10-17(2)22(16)13-23(29)28(40)33-18(3)27(39)32-15-26(38)34-20(11-19-7-5-4-6-8-19)12-25(37)31-14-24(30)36/h4-10,18,20,23,35H,11-15,29H2,1-3H3,(H2,30,36)(H,31,37)(H,32,39)(H,33,40)(H,34,38). The fraction of sp³-hybridized carbons (Fsp3) is 0.393. The molecule has 0 saturated carbocycles. The number of primary amides is 1. The molecular formula is C28H38N6O6. The molecule has 2 aromatic rings. The fourth-order valence-electron chi connectivity index (χ4n) is 4.14. The summed E-state index contributed by atoms with van der Waals surface area (Å²) in [5.74, 6) is -2.69. The Morgan fingerprint density at radius 1 is 0.850 bits per heavy atom. The number of amides is 5. The minimum atomic E-state index is -0.965. The zero-order chi connectivity index (χ0) is 29.8. The van der Waals surface area contributed by atoms with Crippen molar-refractivity contribution in [2.24, 2.45) is 11.5 Å². The number of carbonyl (C=O) groups excluding carboxylic acids is 5. The largest absolute Gasteiger partial charge is 0.508 e. The van der Waals surface area contributed by atoms with E-state index >= 15 is 0 Å². The molecule has 0 fully saturated rings. The molecule has 0 aliphatic rings. The van der Waals surface area contributed by atoms with E-state index in [2.05, 4.69) is 21.3 Å². The van der Waals surface area contributed by atoms with Gasteiger partial charge < -0.3 is 37.8 Å². The summed E-state index contributed by atoms with van der Waals surface area (Å²) in [6, 6.07) is 9.87. The van der Waals surface area contributed by atoms with Crippen molar-refractivity contribution in [3.63, 3.8) is 0 Å². The lowest BCUT2D eigenvalue weighted by Crippen LogP contribution is -2.52. The van der Waals surface area contributed by atoms with Gasteiger partial charge in [0.25, 0.3) is 0 Å². The van der Waals surface area contributed by atoms with Gasteiger partial charge in [0.15, 0.2) is 0 Å². The van der Waals surface area contributed by atoms with E-state index in [1.54, 1.807) is 12.1 Å². The topological polar surface area (TPSA) is 206 Å². The van der Waals surface area contributed by atoms with E-state index in [1.165, 1.54) is 6.92 Å². The maximum Gasteiger partial charge on any atom is 0.242 e. The Morgan fingerprint density at radius 2 is 1.48 bits per heavy atom. The number of benzene rings is 2. The number of rotatable bonds is 14. The first-order valence-electron chi connectivity index (χ1n) is 12.9. The van der Waals surface area contributed by atoms with Crippen LogP contribution in [0.1, 0.15) is 35.6 Å². The third-order valence-electron chi connectivity index (χ3n) is 6.20. The molecule has 2 rings (SSSR count). The monoisotopic (exact) mass is 554 g/mol. The summed E-state index contributed by atoms with van der Waals surface area (Å²) in [4.78, 5) is 60.9. The molecule has 0 bridgehead atoms. The summed E-state index contributed by atoms with van der Waals surface area (Å²) in [6.07, 6.45) is 0.456. The van der Waals surface area contributed by atoms with Crippen molar-refractivity contribution >= 4 is 29.5 Å². The zero-order valence-electron chi connectivity index (χ0n) is 23.0. The van der Waals surface area contributed by atoms with E-state index in [9.17, 15) is 29.1 Å². The number of nitrogens with two attached hydrogens (primary N) is 2. The van der Waals surface area contributed by atoms with Crippen LogP contribution in [0, 0.1) is 13.8 Å². The quantitative estimate of drug-likeness (QED) is 0.158. The molecule has 2 aromatic carbocycles. The first-order chi connectivity index (χ1) is 18.8. The van der Waals surface area contributed by atoms with E-state index in [4.69, 9.17) is 11.5 Å². The molecule has 0 saturated heterocycles. The number of phenolic OH excluding ortho intramolecular Hbond substituents is 1. The Balaban J connectivity index is 1.88. The number of hydrogen-bond acceptors (Lipinski definition) is 7. The van der Waals surface area contributed by atoms with Crippen LogP contribution < -0.4 is 32.7 Å².